The van der Waals surface area contributed by atoms with Crippen LogP contribution in [-0.4, -0.2) is 18.5 Å². The Hall–Kier alpha value is -0.790. The van der Waals surface area contributed by atoms with Crippen molar-refractivity contribution in [3.63, 3.8) is 0 Å². The Labute approximate surface area is 55.2 Å². The van der Waals surface area contributed by atoms with Crippen LogP contribution < -0.4 is 0 Å². The summed E-state index contributed by atoms with van der Waals surface area (Å²) in [5, 5.41) is 0. The van der Waals surface area contributed by atoms with Crippen molar-refractivity contribution in [2.75, 3.05) is 6.61 Å². The molecule has 1 atom stereocenters. The molecule has 0 amide bonds. The maximum Gasteiger partial charge on any atom is 0.208 e. The highest BCUT2D eigenvalue weighted by atomic mass is 16.5. The minimum atomic E-state index is 0.344. The van der Waals surface area contributed by atoms with Crippen molar-refractivity contribution < 1.29 is 4.74 Å². The molecule has 1 unspecified atom stereocenters. The lowest BCUT2D eigenvalue weighted by molar-refractivity contribution is 0.325. The first-order valence-electron chi connectivity index (χ1n) is 3.16. The lowest BCUT2D eigenvalue weighted by atomic mass is 10.4. The zero-order valence-corrected chi connectivity index (χ0v) is 5.79. The number of rotatable bonds is 1. The van der Waals surface area contributed by atoms with E-state index in [4.69, 9.17) is 4.74 Å². The van der Waals surface area contributed by atoms with E-state index >= 15 is 0 Å². The van der Waals surface area contributed by atoms with Crippen LogP contribution in [-0.2, 0) is 4.74 Å². The van der Waals surface area contributed by atoms with Gasteiger partial charge in [-0.25, -0.2) is 4.99 Å². The average Bonchev–Trinajstić information content (AvgIpc) is 2.17. The minimum absolute atomic E-state index is 0.344. The van der Waals surface area contributed by atoms with E-state index in [1.54, 1.807) is 0 Å². The SMILES string of the molecule is CC=CC1=NC(C)CO1. The molecule has 1 aliphatic rings. The Morgan fingerprint density at radius 2 is 2.56 bits per heavy atom. The van der Waals surface area contributed by atoms with Crippen molar-refractivity contribution in [1.82, 2.24) is 0 Å². The van der Waals surface area contributed by atoms with E-state index in [9.17, 15) is 0 Å². The number of allylic oxidation sites excluding steroid dienone is 1. The first kappa shape index (κ1) is 6.33. The Kier molecular flexibility index (Phi) is 1.88. The van der Waals surface area contributed by atoms with Crippen molar-refractivity contribution in [3.8, 4) is 0 Å². The molecule has 1 heterocycles. The van der Waals surface area contributed by atoms with Gasteiger partial charge in [-0.2, -0.15) is 0 Å². The third-order valence-corrected chi connectivity index (χ3v) is 1.13. The number of ether oxygens (including phenoxy) is 1. The Balaban J connectivity index is 2.52. The molecule has 2 nitrogen and oxygen atoms in total. The second kappa shape index (κ2) is 2.67. The molecule has 0 aromatic carbocycles. The van der Waals surface area contributed by atoms with Gasteiger partial charge in [-0.1, -0.05) is 6.08 Å². The molecule has 9 heavy (non-hydrogen) atoms. The third-order valence-electron chi connectivity index (χ3n) is 1.13. The fraction of sp³-hybridized carbons (Fsp3) is 0.571. The van der Waals surface area contributed by atoms with Crippen molar-refractivity contribution in [2.24, 2.45) is 4.99 Å². The van der Waals surface area contributed by atoms with E-state index in [1.165, 1.54) is 0 Å². The van der Waals surface area contributed by atoms with Gasteiger partial charge >= 0.3 is 0 Å². The molecule has 1 aliphatic heterocycles. The summed E-state index contributed by atoms with van der Waals surface area (Å²) in [6.45, 7) is 4.73. The van der Waals surface area contributed by atoms with Crippen LogP contribution in [0, 0.1) is 0 Å². The average molecular weight is 125 g/mol. The number of aliphatic imine (C=N–C) groups is 1. The van der Waals surface area contributed by atoms with Crippen molar-refractivity contribution in [1.29, 1.82) is 0 Å². The van der Waals surface area contributed by atoms with Crippen LogP contribution in [0.3, 0.4) is 0 Å². The highest BCUT2D eigenvalue weighted by molar-refractivity contribution is 5.88. The lowest BCUT2D eigenvalue weighted by Crippen LogP contribution is -1.98. The zero-order chi connectivity index (χ0) is 6.69. The van der Waals surface area contributed by atoms with Gasteiger partial charge in [-0.15, -0.1) is 0 Å². The van der Waals surface area contributed by atoms with Crippen LogP contribution in [0.4, 0.5) is 0 Å². The summed E-state index contributed by atoms with van der Waals surface area (Å²) in [6.07, 6.45) is 3.81. The molecule has 0 bridgehead atoms. The quantitative estimate of drug-likeness (QED) is 0.518. The minimum Gasteiger partial charge on any atom is -0.476 e. The summed E-state index contributed by atoms with van der Waals surface area (Å²) in [5.41, 5.74) is 0. The van der Waals surface area contributed by atoms with Crippen LogP contribution in [0.25, 0.3) is 0 Å². The Morgan fingerprint density at radius 1 is 1.78 bits per heavy atom. The molecule has 0 saturated heterocycles. The van der Waals surface area contributed by atoms with Gasteiger partial charge in [-0.3, -0.25) is 0 Å². The standard InChI is InChI=1S/C7H11NO/c1-3-4-7-8-6(2)5-9-7/h3-4,6H,5H2,1-2H3. The van der Waals surface area contributed by atoms with Crippen molar-refractivity contribution in [2.45, 2.75) is 19.9 Å². The molecule has 0 fully saturated rings. The van der Waals surface area contributed by atoms with E-state index in [1.807, 2.05) is 26.0 Å². The molecule has 2 heteroatoms. The maximum absolute atomic E-state index is 5.17. The molecular weight excluding hydrogens is 114 g/mol. The first-order valence-corrected chi connectivity index (χ1v) is 3.16. The number of nitrogens with zero attached hydrogens (tertiary/aromatic N) is 1. The second-order valence-electron chi connectivity index (χ2n) is 2.13. The fourth-order valence-corrected chi connectivity index (χ4v) is 0.731. The molecule has 0 aliphatic carbocycles. The molecule has 0 N–H and O–H groups in total. The fourth-order valence-electron chi connectivity index (χ4n) is 0.731. The van der Waals surface area contributed by atoms with Gasteiger partial charge < -0.3 is 4.74 Å². The van der Waals surface area contributed by atoms with Crippen LogP contribution >= 0.6 is 0 Å². The van der Waals surface area contributed by atoms with Crippen LogP contribution in [0.1, 0.15) is 13.8 Å². The highest BCUT2D eigenvalue weighted by Crippen LogP contribution is 2.03. The maximum atomic E-state index is 5.17. The molecule has 50 valence electrons. The lowest BCUT2D eigenvalue weighted by Gasteiger charge is -1.91. The summed E-state index contributed by atoms with van der Waals surface area (Å²) in [7, 11) is 0. The molecule has 0 aromatic heterocycles. The highest BCUT2D eigenvalue weighted by Gasteiger charge is 2.09. The van der Waals surface area contributed by atoms with Crippen molar-refractivity contribution >= 4 is 5.90 Å². The largest absolute Gasteiger partial charge is 0.476 e. The monoisotopic (exact) mass is 125 g/mol. The van der Waals surface area contributed by atoms with Gasteiger partial charge in [0, 0.05) is 0 Å². The van der Waals surface area contributed by atoms with Crippen LogP contribution in [0.5, 0.6) is 0 Å². The molecule has 0 spiro atoms. The van der Waals surface area contributed by atoms with E-state index in [0.29, 0.717) is 6.04 Å². The van der Waals surface area contributed by atoms with Gasteiger partial charge in [-0.05, 0) is 19.9 Å². The first-order chi connectivity index (χ1) is 4.33. The summed E-state index contributed by atoms with van der Waals surface area (Å²) in [5.74, 6) is 0.769. The number of hydrogen-bond acceptors (Lipinski definition) is 2. The molecule has 0 saturated carbocycles. The topological polar surface area (TPSA) is 21.6 Å². The van der Waals surface area contributed by atoms with Gasteiger partial charge in [0.15, 0.2) is 0 Å². The second-order valence-corrected chi connectivity index (χ2v) is 2.13. The smallest absolute Gasteiger partial charge is 0.208 e. The van der Waals surface area contributed by atoms with Gasteiger partial charge in [0.1, 0.15) is 6.61 Å². The van der Waals surface area contributed by atoms with Gasteiger partial charge in [0.2, 0.25) is 5.90 Å². The van der Waals surface area contributed by atoms with E-state index in [2.05, 4.69) is 4.99 Å². The Morgan fingerprint density at radius 3 is 3.00 bits per heavy atom. The summed E-state index contributed by atoms with van der Waals surface area (Å²) >= 11 is 0. The van der Waals surface area contributed by atoms with Crippen molar-refractivity contribution in [3.05, 3.63) is 12.2 Å². The molecule has 0 aromatic rings. The normalized spacial score (nSPS) is 26.4. The van der Waals surface area contributed by atoms with E-state index < -0.39 is 0 Å². The van der Waals surface area contributed by atoms with E-state index in [-0.39, 0.29) is 0 Å². The Bertz CT molecular complexity index is 149. The molecule has 0 radical (unpaired) electrons. The van der Waals surface area contributed by atoms with Crippen LogP contribution in [0.2, 0.25) is 0 Å². The predicted molar refractivity (Wildman–Crippen MR) is 37.7 cm³/mol. The van der Waals surface area contributed by atoms with Gasteiger partial charge in [0.25, 0.3) is 0 Å². The molecule has 1 rings (SSSR count). The third kappa shape index (κ3) is 1.56. The predicted octanol–water partition coefficient (Wildman–Crippen LogP) is 1.38. The summed E-state index contributed by atoms with van der Waals surface area (Å²) in [4.78, 5) is 4.19. The zero-order valence-electron chi connectivity index (χ0n) is 5.79. The summed E-state index contributed by atoms with van der Waals surface area (Å²) in [6, 6.07) is 0.344. The number of hydrogen-bond donors (Lipinski definition) is 0. The molecular formula is C7H11NO. The summed E-state index contributed by atoms with van der Waals surface area (Å²) < 4.78 is 5.17. The van der Waals surface area contributed by atoms with E-state index in [0.717, 1.165) is 12.5 Å². The van der Waals surface area contributed by atoms with Crippen LogP contribution in [0.15, 0.2) is 17.1 Å². The van der Waals surface area contributed by atoms with Gasteiger partial charge in [0.05, 0.1) is 6.04 Å².